The van der Waals surface area contributed by atoms with E-state index in [-0.39, 0.29) is 17.4 Å². The lowest BCUT2D eigenvalue weighted by Crippen LogP contribution is -2.12. The molecule has 1 N–H and O–H groups in total. The molecule has 0 saturated heterocycles. The fourth-order valence-electron chi connectivity index (χ4n) is 3.02. The number of hydrogen-bond acceptors (Lipinski definition) is 8. The van der Waals surface area contributed by atoms with Crippen LogP contribution in [0.2, 0.25) is 0 Å². The van der Waals surface area contributed by atoms with Crippen molar-refractivity contribution in [3.05, 3.63) is 61.8 Å². The summed E-state index contributed by atoms with van der Waals surface area (Å²) in [6, 6.07) is 6.04. The molecule has 156 valence electrons. The number of nitrogens with one attached hydrogen (secondary N) is 1. The Kier molecular flexibility index (Phi) is 5.66. The van der Waals surface area contributed by atoms with Crippen molar-refractivity contribution >= 4 is 33.3 Å². The molecule has 1 aromatic carbocycles. The minimum absolute atomic E-state index is 0.113. The number of thioether (sulfide) groups is 1. The highest BCUT2D eigenvalue weighted by Gasteiger charge is 2.19. The van der Waals surface area contributed by atoms with Gasteiger partial charge in [-0.3, -0.25) is 4.79 Å². The van der Waals surface area contributed by atoms with Crippen LogP contribution in [0.25, 0.3) is 10.2 Å². The number of thiophene rings is 1. The van der Waals surface area contributed by atoms with Gasteiger partial charge in [0, 0.05) is 4.88 Å². The average molecular weight is 443 g/mol. The Hall–Kier alpha value is -2.65. The van der Waals surface area contributed by atoms with E-state index < -0.39 is 0 Å². The van der Waals surface area contributed by atoms with Gasteiger partial charge in [-0.25, -0.2) is 4.98 Å². The van der Waals surface area contributed by atoms with E-state index in [1.165, 1.54) is 23.1 Å². The standard InChI is InChI=1S/C21H22N4O3S2/c1-10-6-7-11(2)15(8-10)27-9-16-24-25-21(28-16)30-14(5)18-22-19(26)17-12(3)13(4)29-20(17)23-18/h6-8,14H,9H2,1-5H3,(H,22,23,26)/t14-/m1/s1. The lowest BCUT2D eigenvalue weighted by Gasteiger charge is -2.08. The predicted molar refractivity (Wildman–Crippen MR) is 119 cm³/mol. The van der Waals surface area contributed by atoms with Crippen LogP contribution >= 0.6 is 23.1 Å². The van der Waals surface area contributed by atoms with Gasteiger partial charge < -0.3 is 14.1 Å². The predicted octanol–water partition coefficient (Wildman–Crippen LogP) is 5.03. The SMILES string of the molecule is Cc1ccc(C)c(OCc2nnc(S[C@H](C)c3nc4sc(C)c(C)c4c(=O)[nH]3)o2)c1. The maximum absolute atomic E-state index is 12.5. The van der Waals surface area contributed by atoms with E-state index in [1.54, 1.807) is 0 Å². The zero-order chi connectivity index (χ0) is 21.4. The molecule has 9 heteroatoms. The van der Waals surface area contributed by atoms with Gasteiger partial charge in [-0.2, -0.15) is 0 Å². The Balaban J connectivity index is 1.46. The van der Waals surface area contributed by atoms with Crippen molar-refractivity contribution in [1.29, 1.82) is 0 Å². The van der Waals surface area contributed by atoms with Crippen molar-refractivity contribution in [1.82, 2.24) is 20.2 Å². The third-order valence-corrected chi connectivity index (χ3v) is 6.91. The number of rotatable bonds is 6. The first-order valence-corrected chi connectivity index (χ1v) is 11.2. The van der Waals surface area contributed by atoms with E-state index in [0.29, 0.717) is 22.3 Å². The van der Waals surface area contributed by atoms with Crippen LogP contribution < -0.4 is 10.3 Å². The molecule has 1 atom stereocenters. The van der Waals surface area contributed by atoms with Gasteiger partial charge in [-0.05, 0) is 57.4 Å². The van der Waals surface area contributed by atoms with E-state index in [9.17, 15) is 4.79 Å². The second kappa shape index (κ2) is 8.23. The van der Waals surface area contributed by atoms with E-state index >= 15 is 0 Å². The van der Waals surface area contributed by atoms with Gasteiger partial charge >= 0.3 is 0 Å². The van der Waals surface area contributed by atoms with Gasteiger partial charge in [0.2, 0.25) is 0 Å². The molecular formula is C21H22N4O3S2. The second-order valence-corrected chi connectivity index (χ2v) is 9.69. The second-order valence-electron chi connectivity index (χ2n) is 7.19. The van der Waals surface area contributed by atoms with Gasteiger partial charge in [0.1, 0.15) is 16.4 Å². The molecular weight excluding hydrogens is 420 g/mol. The number of H-pyrrole nitrogens is 1. The molecule has 0 spiro atoms. The van der Waals surface area contributed by atoms with Gasteiger partial charge in [-0.15, -0.1) is 21.5 Å². The molecule has 0 radical (unpaired) electrons. The van der Waals surface area contributed by atoms with Crippen LogP contribution in [-0.2, 0) is 6.61 Å². The molecule has 0 bridgehead atoms. The summed E-state index contributed by atoms with van der Waals surface area (Å²) < 4.78 is 11.5. The van der Waals surface area contributed by atoms with Crippen LogP contribution in [0.1, 0.15) is 45.5 Å². The highest BCUT2D eigenvalue weighted by atomic mass is 32.2. The summed E-state index contributed by atoms with van der Waals surface area (Å²) in [5.41, 5.74) is 3.05. The maximum Gasteiger partial charge on any atom is 0.277 e. The minimum atomic E-state index is -0.155. The lowest BCUT2D eigenvalue weighted by molar-refractivity contribution is 0.250. The summed E-state index contributed by atoms with van der Waals surface area (Å²) in [4.78, 5) is 21.9. The number of aromatic amines is 1. The molecule has 4 rings (SSSR count). The molecule has 4 aromatic rings. The Labute approximate surface area is 181 Å². The van der Waals surface area contributed by atoms with E-state index in [4.69, 9.17) is 9.15 Å². The van der Waals surface area contributed by atoms with Crippen LogP contribution in [0.3, 0.4) is 0 Å². The van der Waals surface area contributed by atoms with Crippen LogP contribution in [0.15, 0.2) is 32.6 Å². The molecule has 7 nitrogen and oxygen atoms in total. The van der Waals surface area contributed by atoms with Crippen molar-refractivity contribution in [3.63, 3.8) is 0 Å². The Morgan fingerprint density at radius 3 is 2.83 bits per heavy atom. The van der Waals surface area contributed by atoms with Crippen molar-refractivity contribution in [2.45, 2.75) is 51.7 Å². The summed E-state index contributed by atoms with van der Waals surface area (Å²) in [5.74, 6) is 1.78. The van der Waals surface area contributed by atoms with Gasteiger partial charge in [-0.1, -0.05) is 23.9 Å². The fourth-order valence-corrected chi connectivity index (χ4v) is 4.81. The summed E-state index contributed by atoms with van der Waals surface area (Å²) in [6.45, 7) is 10.1. The Bertz CT molecular complexity index is 1280. The lowest BCUT2D eigenvalue weighted by atomic mass is 10.1. The third kappa shape index (κ3) is 4.13. The molecule has 0 amide bonds. The first-order chi connectivity index (χ1) is 14.3. The first-order valence-electron chi connectivity index (χ1n) is 9.51. The molecule has 0 fully saturated rings. The number of ether oxygens (including phenoxy) is 1. The van der Waals surface area contributed by atoms with Crippen molar-refractivity contribution in [2.24, 2.45) is 0 Å². The van der Waals surface area contributed by atoms with Crippen LogP contribution in [-0.4, -0.2) is 20.2 Å². The third-order valence-electron chi connectivity index (χ3n) is 4.86. The normalized spacial score (nSPS) is 12.4. The number of aryl methyl sites for hydroxylation is 4. The van der Waals surface area contributed by atoms with E-state index in [0.717, 1.165) is 32.1 Å². The van der Waals surface area contributed by atoms with Gasteiger partial charge in [0.15, 0.2) is 6.61 Å². The Morgan fingerprint density at radius 1 is 1.23 bits per heavy atom. The van der Waals surface area contributed by atoms with Crippen molar-refractivity contribution in [3.8, 4) is 5.75 Å². The van der Waals surface area contributed by atoms with E-state index in [1.807, 2.05) is 52.8 Å². The quantitative estimate of drug-likeness (QED) is 0.418. The summed E-state index contributed by atoms with van der Waals surface area (Å²) in [7, 11) is 0. The molecule has 30 heavy (non-hydrogen) atoms. The summed E-state index contributed by atoms with van der Waals surface area (Å²) in [5, 5.41) is 9.07. The number of aromatic nitrogens is 4. The highest BCUT2D eigenvalue weighted by molar-refractivity contribution is 7.99. The van der Waals surface area contributed by atoms with Gasteiger partial charge in [0.05, 0.1) is 10.6 Å². The molecule has 0 aliphatic rings. The van der Waals surface area contributed by atoms with Crippen LogP contribution in [0, 0.1) is 27.7 Å². The zero-order valence-corrected chi connectivity index (χ0v) is 19.0. The summed E-state index contributed by atoms with van der Waals surface area (Å²) in [6.07, 6.45) is 0. The van der Waals surface area contributed by atoms with E-state index in [2.05, 4.69) is 20.2 Å². The number of fused-ring (bicyclic) bond motifs is 1. The number of benzene rings is 1. The average Bonchev–Trinajstić information content (AvgIpc) is 3.26. The molecule has 0 aliphatic heterocycles. The fraction of sp³-hybridized carbons (Fsp3) is 0.333. The molecule has 0 unspecified atom stereocenters. The first kappa shape index (κ1) is 20.6. The molecule has 0 saturated carbocycles. The molecule has 3 heterocycles. The smallest absolute Gasteiger partial charge is 0.277 e. The van der Waals surface area contributed by atoms with Crippen molar-refractivity contribution in [2.75, 3.05) is 0 Å². The Morgan fingerprint density at radius 2 is 2.03 bits per heavy atom. The van der Waals surface area contributed by atoms with Gasteiger partial charge in [0.25, 0.3) is 16.7 Å². The largest absolute Gasteiger partial charge is 0.484 e. The zero-order valence-electron chi connectivity index (χ0n) is 17.4. The van der Waals surface area contributed by atoms with Crippen molar-refractivity contribution < 1.29 is 9.15 Å². The highest BCUT2D eigenvalue weighted by Crippen LogP contribution is 2.34. The molecule has 0 aliphatic carbocycles. The number of hydrogen-bond donors (Lipinski definition) is 1. The van der Waals surface area contributed by atoms with Crippen LogP contribution in [0.4, 0.5) is 0 Å². The minimum Gasteiger partial charge on any atom is -0.484 e. The monoisotopic (exact) mass is 442 g/mol. The topological polar surface area (TPSA) is 93.9 Å². The van der Waals surface area contributed by atoms with Crippen LogP contribution in [0.5, 0.6) is 5.75 Å². The summed E-state index contributed by atoms with van der Waals surface area (Å²) >= 11 is 2.88. The number of nitrogens with zero attached hydrogens (tertiary/aromatic N) is 3. The maximum atomic E-state index is 12.5. The molecule has 3 aromatic heterocycles.